The van der Waals surface area contributed by atoms with E-state index in [4.69, 9.17) is 16.4 Å². The summed E-state index contributed by atoms with van der Waals surface area (Å²) in [6.45, 7) is 3.17. The lowest BCUT2D eigenvalue weighted by molar-refractivity contribution is -0.140. The average molecular weight is 397 g/mol. The Morgan fingerprint density at radius 3 is 2.75 bits per heavy atom. The van der Waals surface area contributed by atoms with E-state index in [1.165, 1.54) is 5.56 Å². The van der Waals surface area contributed by atoms with Crippen molar-refractivity contribution in [1.29, 1.82) is 0 Å². The van der Waals surface area contributed by atoms with Gasteiger partial charge >= 0.3 is 0 Å². The van der Waals surface area contributed by atoms with Gasteiger partial charge in [-0.15, -0.1) is 0 Å². The maximum atomic E-state index is 13.0. The molecule has 1 heterocycles. The third-order valence-corrected chi connectivity index (χ3v) is 5.88. The first-order valence-electron chi connectivity index (χ1n) is 9.92. The van der Waals surface area contributed by atoms with Crippen molar-refractivity contribution in [3.05, 3.63) is 70.2 Å². The zero-order valence-electron chi connectivity index (χ0n) is 16.1. The molecule has 0 aromatic heterocycles. The summed E-state index contributed by atoms with van der Waals surface area (Å²) < 4.78 is 0. The third-order valence-electron chi connectivity index (χ3n) is 5.64. The van der Waals surface area contributed by atoms with Gasteiger partial charge in [0.25, 0.3) is 0 Å². The van der Waals surface area contributed by atoms with Crippen molar-refractivity contribution in [2.24, 2.45) is 11.1 Å². The van der Waals surface area contributed by atoms with Crippen molar-refractivity contribution in [1.82, 2.24) is 4.90 Å². The van der Waals surface area contributed by atoms with Crippen LogP contribution in [0.3, 0.4) is 0 Å². The maximum Gasteiger partial charge on any atom is 0.226 e. The van der Waals surface area contributed by atoms with E-state index < -0.39 is 0 Å². The van der Waals surface area contributed by atoms with Gasteiger partial charge in [0.2, 0.25) is 5.91 Å². The third kappa shape index (κ3) is 4.22. The summed E-state index contributed by atoms with van der Waals surface area (Å²) in [7, 11) is 0. The normalized spacial score (nSPS) is 18.9. The number of hydrogen-bond acceptors (Lipinski definition) is 3. The number of amides is 1. The van der Waals surface area contributed by atoms with Gasteiger partial charge in [0.15, 0.2) is 6.10 Å². The topological polar surface area (TPSA) is 41.9 Å². The van der Waals surface area contributed by atoms with Crippen LogP contribution in [0.5, 0.6) is 0 Å². The minimum absolute atomic E-state index is 0.113. The van der Waals surface area contributed by atoms with Crippen molar-refractivity contribution in [2.45, 2.75) is 45.3 Å². The second kappa shape index (κ2) is 8.36. The molecule has 0 N–H and O–H groups in total. The molecule has 2 aromatic carbocycles. The Morgan fingerprint density at radius 2 is 2.04 bits per heavy atom. The van der Waals surface area contributed by atoms with Gasteiger partial charge in [0.05, 0.1) is 12.3 Å². The van der Waals surface area contributed by atoms with Gasteiger partial charge in [-0.25, -0.2) is 0 Å². The molecule has 5 heteroatoms. The van der Waals surface area contributed by atoms with E-state index in [1.54, 1.807) is 0 Å². The lowest BCUT2D eigenvalue weighted by Crippen LogP contribution is -2.42. The van der Waals surface area contributed by atoms with Crippen molar-refractivity contribution in [2.75, 3.05) is 6.54 Å². The van der Waals surface area contributed by atoms with Crippen molar-refractivity contribution >= 4 is 23.2 Å². The van der Waals surface area contributed by atoms with Crippen molar-refractivity contribution in [3.8, 4) is 0 Å². The molecule has 2 aromatic rings. The predicted molar refractivity (Wildman–Crippen MR) is 111 cm³/mol. The minimum atomic E-state index is -0.113. The summed E-state index contributed by atoms with van der Waals surface area (Å²) in [4.78, 5) is 20.7. The van der Waals surface area contributed by atoms with Crippen LogP contribution in [-0.2, 0) is 16.2 Å². The highest BCUT2D eigenvalue weighted by Gasteiger charge is 2.33. The van der Waals surface area contributed by atoms with Crippen LogP contribution in [0.2, 0.25) is 5.02 Å². The number of rotatable bonds is 6. The second-order valence-corrected chi connectivity index (χ2v) is 8.20. The number of carbonyl (C=O) groups is 1. The molecule has 1 atom stereocenters. The Balaban J connectivity index is 1.45. The molecule has 2 aliphatic rings. The van der Waals surface area contributed by atoms with Gasteiger partial charge < -0.3 is 9.74 Å². The summed E-state index contributed by atoms with van der Waals surface area (Å²) in [5.74, 6) is 0.372. The molecule has 0 bridgehead atoms. The molecule has 146 valence electrons. The minimum Gasteiger partial charge on any atom is -0.390 e. The molecule has 1 amide bonds. The summed E-state index contributed by atoms with van der Waals surface area (Å²) in [5.41, 5.74) is 4.31. The molecule has 0 spiro atoms. The number of nitrogens with zero attached hydrogens (tertiary/aromatic N) is 2. The molecule has 1 unspecified atom stereocenters. The molecule has 4 rings (SSSR count). The van der Waals surface area contributed by atoms with Gasteiger partial charge in [-0.2, -0.15) is 0 Å². The number of benzene rings is 2. The van der Waals surface area contributed by atoms with Gasteiger partial charge in [0, 0.05) is 29.5 Å². The number of hydrogen-bond donors (Lipinski definition) is 0. The SMILES string of the molecule is Cc1ccccc1C1=NOC(CN(Cc2cccc(Cl)c2)C(=O)C2CCC2)C1. The molecule has 0 radical (unpaired) electrons. The number of oxime groups is 1. The maximum absolute atomic E-state index is 13.0. The van der Waals surface area contributed by atoms with Crippen LogP contribution in [0, 0.1) is 12.8 Å². The number of aryl methyl sites for hydroxylation is 1. The quantitative estimate of drug-likeness (QED) is 0.691. The van der Waals surface area contributed by atoms with Crippen molar-refractivity contribution < 1.29 is 9.63 Å². The Labute approximate surface area is 171 Å². The highest BCUT2D eigenvalue weighted by Crippen LogP contribution is 2.30. The fourth-order valence-corrected chi connectivity index (χ4v) is 4.04. The van der Waals surface area contributed by atoms with E-state index in [1.807, 2.05) is 41.3 Å². The highest BCUT2D eigenvalue weighted by molar-refractivity contribution is 6.30. The smallest absolute Gasteiger partial charge is 0.226 e. The summed E-state index contributed by atoms with van der Waals surface area (Å²) in [6.07, 6.45) is 3.72. The standard InChI is InChI=1S/C23H25ClN2O2/c1-16-6-2-3-11-21(16)22-13-20(28-25-22)15-26(23(27)18-8-5-9-18)14-17-7-4-10-19(24)12-17/h2-4,6-7,10-12,18,20H,5,8-9,13-15H2,1H3. The Hall–Kier alpha value is -2.33. The van der Waals surface area contributed by atoms with Crippen LogP contribution in [0.25, 0.3) is 0 Å². The lowest BCUT2D eigenvalue weighted by Gasteiger charge is -2.32. The first-order chi connectivity index (χ1) is 13.6. The van der Waals surface area contributed by atoms with Crippen LogP contribution in [0.15, 0.2) is 53.7 Å². The Kier molecular flexibility index (Phi) is 5.67. The molecule has 4 nitrogen and oxygen atoms in total. The molecule has 1 aliphatic heterocycles. The largest absolute Gasteiger partial charge is 0.390 e. The molecular formula is C23H25ClN2O2. The van der Waals surface area contributed by atoms with Gasteiger partial charge in [-0.1, -0.05) is 59.6 Å². The van der Waals surface area contributed by atoms with Crippen LogP contribution in [0.4, 0.5) is 0 Å². The van der Waals surface area contributed by atoms with Crippen LogP contribution in [-0.4, -0.2) is 29.2 Å². The summed E-state index contributed by atoms with van der Waals surface area (Å²) in [5, 5.41) is 5.01. The molecule has 28 heavy (non-hydrogen) atoms. The average Bonchev–Trinajstić information content (AvgIpc) is 3.08. The van der Waals surface area contributed by atoms with Crippen molar-refractivity contribution in [3.63, 3.8) is 0 Å². The van der Waals surface area contributed by atoms with Crippen LogP contribution < -0.4 is 0 Å². The molecule has 1 aliphatic carbocycles. The van der Waals surface area contributed by atoms with E-state index >= 15 is 0 Å². The van der Waals surface area contributed by atoms with Crippen LogP contribution in [0.1, 0.15) is 42.4 Å². The Morgan fingerprint density at radius 1 is 1.21 bits per heavy atom. The van der Waals surface area contributed by atoms with Gasteiger partial charge in [-0.05, 0) is 43.0 Å². The summed E-state index contributed by atoms with van der Waals surface area (Å²) in [6, 6.07) is 15.9. The fourth-order valence-electron chi connectivity index (χ4n) is 3.83. The molecular weight excluding hydrogens is 372 g/mol. The molecule has 1 fully saturated rings. The molecule has 0 saturated heterocycles. The number of carbonyl (C=O) groups excluding carboxylic acids is 1. The fraction of sp³-hybridized carbons (Fsp3) is 0.391. The molecule has 1 saturated carbocycles. The van der Waals surface area contributed by atoms with E-state index in [0.717, 1.165) is 42.5 Å². The first-order valence-corrected chi connectivity index (χ1v) is 10.3. The number of halogens is 1. The monoisotopic (exact) mass is 396 g/mol. The summed E-state index contributed by atoms with van der Waals surface area (Å²) >= 11 is 6.13. The van der Waals surface area contributed by atoms with Gasteiger partial charge in [0.1, 0.15) is 0 Å². The first kappa shape index (κ1) is 19.0. The highest BCUT2D eigenvalue weighted by atomic mass is 35.5. The van der Waals surface area contributed by atoms with E-state index in [0.29, 0.717) is 18.1 Å². The lowest BCUT2D eigenvalue weighted by atomic mass is 9.84. The zero-order valence-corrected chi connectivity index (χ0v) is 16.9. The predicted octanol–water partition coefficient (Wildman–Crippen LogP) is 4.97. The van der Waals surface area contributed by atoms with E-state index in [2.05, 4.69) is 24.2 Å². The van der Waals surface area contributed by atoms with E-state index in [-0.39, 0.29) is 17.9 Å². The Bertz CT molecular complexity index is 892. The van der Waals surface area contributed by atoms with Gasteiger partial charge in [-0.3, -0.25) is 4.79 Å². The van der Waals surface area contributed by atoms with E-state index in [9.17, 15) is 4.79 Å². The van der Waals surface area contributed by atoms with Crippen LogP contribution >= 0.6 is 11.6 Å². The second-order valence-electron chi connectivity index (χ2n) is 7.76. The zero-order chi connectivity index (χ0) is 19.5.